The van der Waals surface area contributed by atoms with Gasteiger partial charge in [-0.1, -0.05) is 20.3 Å². The first-order valence-corrected chi connectivity index (χ1v) is 7.39. The van der Waals surface area contributed by atoms with Crippen molar-refractivity contribution in [3.63, 3.8) is 0 Å². The fourth-order valence-electron chi connectivity index (χ4n) is 2.02. The molecule has 0 aliphatic heterocycles. The number of nitrogen functional groups attached to an aromatic ring is 1. The van der Waals surface area contributed by atoms with Crippen LogP contribution in [0.3, 0.4) is 0 Å². The maximum absolute atomic E-state index is 5.77. The second-order valence-electron chi connectivity index (χ2n) is 5.06. The van der Waals surface area contributed by atoms with E-state index in [-0.39, 0.29) is 0 Å². The zero-order valence-electron chi connectivity index (χ0n) is 12.6. The average Bonchev–Trinajstić information content (AvgIpc) is 2.43. The summed E-state index contributed by atoms with van der Waals surface area (Å²) in [7, 11) is 0. The van der Waals surface area contributed by atoms with E-state index in [1.807, 2.05) is 24.3 Å². The predicted molar refractivity (Wildman–Crippen MR) is 82.6 cm³/mol. The molecule has 1 unspecified atom stereocenters. The lowest BCUT2D eigenvalue weighted by atomic mass is 10.2. The summed E-state index contributed by atoms with van der Waals surface area (Å²) in [6, 6.07) is 8.23. The number of rotatable bonds is 9. The summed E-state index contributed by atoms with van der Waals surface area (Å²) in [4.78, 5) is 2.51. The zero-order chi connectivity index (χ0) is 14.1. The Hall–Kier alpha value is -1.22. The van der Waals surface area contributed by atoms with Crippen LogP contribution in [0, 0.1) is 0 Å². The summed E-state index contributed by atoms with van der Waals surface area (Å²) in [6.07, 6.45) is 3.68. The normalized spacial score (nSPS) is 12.6. The predicted octanol–water partition coefficient (Wildman–Crippen LogP) is 3.55. The molecular weight excluding hydrogens is 236 g/mol. The highest BCUT2D eigenvalue weighted by atomic mass is 16.5. The van der Waals surface area contributed by atoms with Crippen molar-refractivity contribution < 1.29 is 4.74 Å². The lowest BCUT2D eigenvalue weighted by Crippen LogP contribution is -2.36. The van der Waals surface area contributed by atoms with Gasteiger partial charge in [-0.25, -0.2) is 0 Å². The summed E-state index contributed by atoms with van der Waals surface area (Å²) in [6.45, 7) is 9.65. The standard InChI is InChI=1S/C16H28N2O/c1-4-6-11-18(14(3)5-2)12-13-19-16-9-7-15(17)8-10-16/h7-10,14H,4-6,11-13,17H2,1-3H3. The molecule has 0 aliphatic carbocycles. The van der Waals surface area contributed by atoms with E-state index in [4.69, 9.17) is 10.5 Å². The minimum atomic E-state index is 0.626. The fraction of sp³-hybridized carbons (Fsp3) is 0.625. The Labute approximate surface area is 117 Å². The Balaban J connectivity index is 2.36. The van der Waals surface area contributed by atoms with Crippen LogP contribution in [0.4, 0.5) is 5.69 Å². The first-order chi connectivity index (χ1) is 9.17. The highest BCUT2D eigenvalue weighted by Crippen LogP contribution is 2.13. The quantitative estimate of drug-likeness (QED) is 0.693. The third-order valence-corrected chi connectivity index (χ3v) is 3.54. The van der Waals surface area contributed by atoms with E-state index in [0.29, 0.717) is 6.04 Å². The summed E-state index contributed by atoms with van der Waals surface area (Å²) in [5.74, 6) is 0.897. The van der Waals surface area contributed by atoms with Crippen LogP contribution in [0.2, 0.25) is 0 Å². The molecule has 1 aromatic rings. The minimum Gasteiger partial charge on any atom is -0.492 e. The van der Waals surface area contributed by atoms with Gasteiger partial charge in [-0.2, -0.15) is 0 Å². The van der Waals surface area contributed by atoms with E-state index in [1.165, 1.54) is 19.3 Å². The first-order valence-electron chi connectivity index (χ1n) is 7.39. The lowest BCUT2D eigenvalue weighted by molar-refractivity contribution is 0.162. The monoisotopic (exact) mass is 264 g/mol. The van der Waals surface area contributed by atoms with Crippen molar-refractivity contribution >= 4 is 5.69 Å². The van der Waals surface area contributed by atoms with Crippen molar-refractivity contribution in [1.82, 2.24) is 4.90 Å². The second kappa shape index (κ2) is 8.81. The Bertz CT molecular complexity index is 337. The molecule has 0 amide bonds. The van der Waals surface area contributed by atoms with E-state index in [1.54, 1.807) is 0 Å². The van der Waals surface area contributed by atoms with Gasteiger partial charge in [0.25, 0.3) is 0 Å². The maximum Gasteiger partial charge on any atom is 0.119 e. The minimum absolute atomic E-state index is 0.626. The van der Waals surface area contributed by atoms with Crippen molar-refractivity contribution in [2.75, 3.05) is 25.4 Å². The Morgan fingerprint density at radius 3 is 2.42 bits per heavy atom. The van der Waals surface area contributed by atoms with Crippen molar-refractivity contribution in [2.45, 2.75) is 46.1 Å². The number of benzene rings is 1. The summed E-state index contributed by atoms with van der Waals surface area (Å²) in [5, 5.41) is 0. The number of ether oxygens (including phenoxy) is 1. The number of nitrogens with zero attached hydrogens (tertiary/aromatic N) is 1. The van der Waals surface area contributed by atoms with Crippen molar-refractivity contribution in [3.05, 3.63) is 24.3 Å². The molecule has 0 bridgehead atoms. The van der Waals surface area contributed by atoms with Crippen LogP contribution in [0.1, 0.15) is 40.0 Å². The molecule has 0 saturated heterocycles. The molecule has 0 radical (unpaired) electrons. The van der Waals surface area contributed by atoms with Crippen molar-refractivity contribution in [1.29, 1.82) is 0 Å². The highest BCUT2D eigenvalue weighted by molar-refractivity contribution is 5.41. The molecule has 3 heteroatoms. The molecule has 0 heterocycles. The molecular formula is C16H28N2O. The first kappa shape index (κ1) is 15.8. The van der Waals surface area contributed by atoms with Crippen molar-refractivity contribution in [2.24, 2.45) is 0 Å². The Morgan fingerprint density at radius 2 is 1.84 bits per heavy atom. The summed E-state index contributed by atoms with van der Waals surface area (Å²) >= 11 is 0. The fourth-order valence-corrected chi connectivity index (χ4v) is 2.02. The van der Waals surface area contributed by atoms with Gasteiger partial charge in [-0.05, 0) is 50.6 Å². The van der Waals surface area contributed by atoms with E-state index >= 15 is 0 Å². The summed E-state index contributed by atoms with van der Waals surface area (Å²) in [5.41, 5.74) is 6.43. The van der Waals surface area contributed by atoms with Crippen LogP contribution >= 0.6 is 0 Å². The van der Waals surface area contributed by atoms with Gasteiger partial charge in [0.1, 0.15) is 12.4 Å². The molecule has 2 N–H and O–H groups in total. The second-order valence-corrected chi connectivity index (χ2v) is 5.06. The van der Waals surface area contributed by atoms with Crippen LogP contribution in [0.15, 0.2) is 24.3 Å². The van der Waals surface area contributed by atoms with Gasteiger partial charge in [0.15, 0.2) is 0 Å². The van der Waals surface area contributed by atoms with Gasteiger partial charge in [0, 0.05) is 18.3 Å². The van der Waals surface area contributed by atoms with E-state index in [2.05, 4.69) is 25.7 Å². The third-order valence-electron chi connectivity index (χ3n) is 3.54. The number of anilines is 1. The van der Waals surface area contributed by atoms with Crippen LogP contribution in [0.5, 0.6) is 5.75 Å². The largest absolute Gasteiger partial charge is 0.492 e. The molecule has 0 fully saturated rings. The molecule has 1 rings (SSSR count). The topological polar surface area (TPSA) is 38.5 Å². The number of unbranched alkanes of at least 4 members (excludes halogenated alkanes) is 1. The molecule has 1 aromatic carbocycles. The van der Waals surface area contributed by atoms with Crippen molar-refractivity contribution in [3.8, 4) is 5.75 Å². The Kier molecular flexibility index (Phi) is 7.34. The smallest absolute Gasteiger partial charge is 0.119 e. The van der Waals surface area contributed by atoms with Gasteiger partial charge in [0.2, 0.25) is 0 Å². The van der Waals surface area contributed by atoms with E-state index < -0.39 is 0 Å². The molecule has 0 spiro atoms. The molecule has 0 aliphatic rings. The highest BCUT2D eigenvalue weighted by Gasteiger charge is 2.11. The van der Waals surface area contributed by atoms with E-state index in [9.17, 15) is 0 Å². The van der Waals surface area contributed by atoms with Crippen LogP contribution in [-0.2, 0) is 0 Å². The molecule has 0 saturated carbocycles. The Morgan fingerprint density at radius 1 is 1.16 bits per heavy atom. The van der Waals surface area contributed by atoms with Gasteiger partial charge < -0.3 is 10.5 Å². The zero-order valence-corrected chi connectivity index (χ0v) is 12.6. The van der Waals surface area contributed by atoms with Crippen LogP contribution in [-0.4, -0.2) is 30.6 Å². The molecule has 0 aromatic heterocycles. The summed E-state index contributed by atoms with van der Waals surface area (Å²) < 4.78 is 5.77. The molecule has 1 atom stereocenters. The SMILES string of the molecule is CCCCN(CCOc1ccc(N)cc1)C(C)CC. The van der Waals surface area contributed by atoms with Crippen LogP contribution < -0.4 is 10.5 Å². The number of nitrogens with two attached hydrogens (primary N) is 1. The van der Waals surface area contributed by atoms with Gasteiger partial charge in [-0.3, -0.25) is 4.90 Å². The van der Waals surface area contributed by atoms with Gasteiger partial charge in [-0.15, -0.1) is 0 Å². The molecule has 19 heavy (non-hydrogen) atoms. The van der Waals surface area contributed by atoms with E-state index in [0.717, 1.165) is 31.1 Å². The maximum atomic E-state index is 5.77. The number of hydrogen-bond acceptors (Lipinski definition) is 3. The van der Waals surface area contributed by atoms with Crippen LogP contribution in [0.25, 0.3) is 0 Å². The molecule has 108 valence electrons. The average molecular weight is 264 g/mol. The lowest BCUT2D eigenvalue weighted by Gasteiger charge is -2.28. The van der Waals surface area contributed by atoms with Gasteiger partial charge in [0.05, 0.1) is 0 Å². The molecule has 3 nitrogen and oxygen atoms in total. The van der Waals surface area contributed by atoms with Gasteiger partial charge >= 0.3 is 0 Å². The third kappa shape index (κ3) is 5.97. The number of hydrogen-bond donors (Lipinski definition) is 1.